The van der Waals surface area contributed by atoms with E-state index in [0.29, 0.717) is 0 Å². The molecule has 0 N–H and O–H groups in total. The van der Waals surface area contributed by atoms with Gasteiger partial charge in [-0.1, -0.05) is 0 Å². The summed E-state index contributed by atoms with van der Waals surface area (Å²) in [5, 5.41) is 0. The van der Waals surface area contributed by atoms with Crippen molar-refractivity contribution in [3.8, 4) is 5.75 Å². The van der Waals surface area contributed by atoms with Crippen LogP contribution in [0.5, 0.6) is 5.75 Å². The molecule has 0 aliphatic rings. The molecule has 0 aromatic heterocycles. The Morgan fingerprint density at radius 2 is 2.12 bits per heavy atom. The first-order valence-corrected chi connectivity index (χ1v) is 5.18. The predicted molar refractivity (Wildman–Crippen MR) is 57.6 cm³/mol. The van der Waals surface area contributed by atoms with E-state index in [0.717, 1.165) is 0 Å². The molecule has 0 fully saturated rings. The molecule has 0 radical (unpaired) electrons. The quantitative estimate of drug-likeness (QED) is 0.589. The van der Waals surface area contributed by atoms with Gasteiger partial charge in [-0.15, -0.1) is 11.6 Å². The van der Waals surface area contributed by atoms with Gasteiger partial charge in [-0.3, -0.25) is 4.79 Å². The highest BCUT2D eigenvalue weighted by Crippen LogP contribution is 2.25. The summed E-state index contributed by atoms with van der Waals surface area (Å²) in [5.41, 5.74) is -0.0208. The smallest absolute Gasteiger partial charge is 0.264 e. The standard InChI is InChI=1S/C11H11ClF2O2/c1-16-9-5-7(10(15)2-3-12)4-8(6-9)11(13)14/h4-6,11H,2-3H2,1H3. The predicted octanol–water partition coefficient (Wildman–Crippen LogP) is 3.44. The van der Waals surface area contributed by atoms with Crippen molar-refractivity contribution in [2.75, 3.05) is 13.0 Å². The second kappa shape index (κ2) is 5.80. The zero-order valence-corrected chi connectivity index (χ0v) is 9.43. The van der Waals surface area contributed by atoms with Gasteiger partial charge >= 0.3 is 0 Å². The summed E-state index contributed by atoms with van der Waals surface area (Å²) in [4.78, 5) is 11.5. The molecule has 88 valence electrons. The first kappa shape index (κ1) is 12.9. The summed E-state index contributed by atoms with van der Waals surface area (Å²) in [6.07, 6.45) is -2.50. The van der Waals surface area contributed by atoms with Crippen LogP contribution in [0.25, 0.3) is 0 Å². The number of ketones is 1. The summed E-state index contributed by atoms with van der Waals surface area (Å²) < 4.78 is 29.9. The van der Waals surface area contributed by atoms with Crippen LogP contribution in [0.1, 0.15) is 28.8 Å². The van der Waals surface area contributed by atoms with Crippen LogP contribution in [-0.4, -0.2) is 18.8 Å². The molecule has 1 aromatic carbocycles. The summed E-state index contributed by atoms with van der Waals surface area (Å²) in [5.74, 6) is 0.145. The third-order valence-corrected chi connectivity index (χ3v) is 2.25. The molecule has 16 heavy (non-hydrogen) atoms. The minimum absolute atomic E-state index is 0.122. The number of hydrogen-bond acceptors (Lipinski definition) is 2. The molecule has 1 aromatic rings. The second-order valence-electron chi connectivity index (χ2n) is 3.16. The van der Waals surface area contributed by atoms with Gasteiger partial charge in [0.05, 0.1) is 7.11 Å². The van der Waals surface area contributed by atoms with Crippen molar-refractivity contribution >= 4 is 17.4 Å². The minimum atomic E-state index is -2.63. The van der Waals surface area contributed by atoms with E-state index in [1.165, 1.54) is 25.3 Å². The molecule has 0 aliphatic heterocycles. The van der Waals surface area contributed by atoms with Crippen LogP contribution in [0.3, 0.4) is 0 Å². The highest BCUT2D eigenvalue weighted by Gasteiger charge is 2.13. The van der Waals surface area contributed by atoms with Crippen LogP contribution in [0, 0.1) is 0 Å². The first-order valence-electron chi connectivity index (χ1n) is 4.64. The van der Waals surface area contributed by atoms with E-state index >= 15 is 0 Å². The van der Waals surface area contributed by atoms with Crippen LogP contribution in [0.2, 0.25) is 0 Å². The molecule has 0 bridgehead atoms. The van der Waals surface area contributed by atoms with Gasteiger partial charge in [0.1, 0.15) is 5.75 Å². The van der Waals surface area contributed by atoms with Crippen LogP contribution in [0.15, 0.2) is 18.2 Å². The van der Waals surface area contributed by atoms with Crippen LogP contribution in [0.4, 0.5) is 8.78 Å². The fourth-order valence-electron chi connectivity index (χ4n) is 1.26. The molecule has 5 heteroatoms. The lowest BCUT2D eigenvalue weighted by Gasteiger charge is -2.07. The zero-order valence-electron chi connectivity index (χ0n) is 8.67. The minimum Gasteiger partial charge on any atom is -0.497 e. The Balaban J connectivity index is 3.08. The first-order chi connectivity index (χ1) is 7.58. The van der Waals surface area contributed by atoms with Gasteiger partial charge in [0.2, 0.25) is 0 Å². The molecule has 0 saturated carbocycles. The van der Waals surface area contributed by atoms with Crippen molar-refractivity contribution in [1.29, 1.82) is 0 Å². The number of hydrogen-bond donors (Lipinski definition) is 0. The van der Waals surface area contributed by atoms with Gasteiger partial charge in [0.15, 0.2) is 5.78 Å². The maximum absolute atomic E-state index is 12.5. The molecule has 1 rings (SSSR count). The molecule has 0 saturated heterocycles. The maximum atomic E-state index is 12.5. The van der Waals surface area contributed by atoms with E-state index in [2.05, 4.69) is 0 Å². The van der Waals surface area contributed by atoms with Gasteiger partial charge in [0, 0.05) is 23.4 Å². The van der Waals surface area contributed by atoms with E-state index in [9.17, 15) is 13.6 Å². The Hall–Kier alpha value is -1.16. The van der Waals surface area contributed by atoms with Crippen molar-refractivity contribution in [3.63, 3.8) is 0 Å². The lowest BCUT2D eigenvalue weighted by molar-refractivity contribution is 0.0988. The van der Waals surface area contributed by atoms with Gasteiger partial charge < -0.3 is 4.74 Å². The van der Waals surface area contributed by atoms with Gasteiger partial charge in [-0.05, 0) is 18.2 Å². The van der Waals surface area contributed by atoms with Crippen molar-refractivity contribution in [1.82, 2.24) is 0 Å². The summed E-state index contributed by atoms with van der Waals surface area (Å²) in [7, 11) is 1.36. The number of methoxy groups -OCH3 is 1. The maximum Gasteiger partial charge on any atom is 0.264 e. The topological polar surface area (TPSA) is 26.3 Å². The Labute approximate surface area is 97.2 Å². The van der Waals surface area contributed by atoms with E-state index in [-0.39, 0.29) is 35.0 Å². The highest BCUT2D eigenvalue weighted by molar-refractivity contribution is 6.19. The lowest BCUT2D eigenvalue weighted by Crippen LogP contribution is -2.02. The Bertz CT molecular complexity index is 380. The molecule has 0 spiro atoms. The van der Waals surface area contributed by atoms with Crippen molar-refractivity contribution in [2.45, 2.75) is 12.8 Å². The molecular weight excluding hydrogens is 238 g/mol. The molecule has 2 nitrogen and oxygen atoms in total. The average Bonchev–Trinajstić information content (AvgIpc) is 2.28. The normalized spacial score (nSPS) is 10.6. The molecule has 0 amide bonds. The highest BCUT2D eigenvalue weighted by atomic mass is 35.5. The third-order valence-electron chi connectivity index (χ3n) is 2.06. The molecule has 0 atom stereocenters. The fourth-order valence-corrected chi connectivity index (χ4v) is 1.43. The molecule has 0 unspecified atom stereocenters. The number of Topliss-reactive ketones (excluding diaryl/α,β-unsaturated/α-hetero) is 1. The lowest BCUT2D eigenvalue weighted by atomic mass is 10.1. The van der Waals surface area contributed by atoms with Gasteiger partial charge in [0.25, 0.3) is 6.43 Å². The number of halogens is 3. The fraction of sp³-hybridized carbons (Fsp3) is 0.364. The Morgan fingerprint density at radius 1 is 1.44 bits per heavy atom. The van der Waals surface area contributed by atoms with Crippen molar-refractivity contribution in [3.05, 3.63) is 29.3 Å². The van der Waals surface area contributed by atoms with Crippen LogP contribution < -0.4 is 4.74 Å². The SMILES string of the molecule is COc1cc(C(=O)CCCl)cc(C(F)F)c1. The third kappa shape index (κ3) is 3.17. The monoisotopic (exact) mass is 248 g/mol. The zero-order chi connectivity index (χ0) is 12.1. The number of benzene rings is 1. The summed E-state index contributed by atoms with van der Waals surface area (Å²) in [6, 6.07) is 3.81. The van der Waals surface area contributed by atoms with Crippen molar-refractivity contribution < 1.29 is 18.3 Å². The van der Waals surface area contributed by atoms with E-state index in [1.54, 1.807) is 0 Å². The molecular formula is C11H11ClF2O2. The summed E-state index contributed by atoms with van der Waals surface area (Å²) in [6.45, 7) is 0. The number of alkyl halides is 3. The molecule has 0 aliphatic carbocycles. The van der Waals surface area contributed by atoms with E-state index in [4.69, 9.17) is 16.3 Å². The van der Waals surface area contributed by atoms with Gasteiger partial charge in [-0.25, -0.2) is 8.78 Å². The van der Waals surface area contributed by atoms with Crippen LogP contribution in [-0.2, 0) is 0 Å². The number of rotatable bonds is 5. The number of carbonyl (C=O) groups is 1. The summed E-state index contributed by atoms with van der Waals surface area (Å²) >= 11 is 5.42. The largest absolute Gasteiger partial charge is 0.497 e. The second-order valence-corrected chi connectivity index (χ2v) is 3.54. The molecule has 0 heterocycles. The number of carbonyl (C=O) groups excluding carboxylic acids is 1. The average molecular weight is 249 g/mol. The van der Waals surface area contributed by atoms with E-state index in [1.807, 2.05) is 0 Å². The van der Waals surface area contributed by atoms with E-state index < -0.39 is 6.43 Å². The Kier molecular flexibility index (Phi) is 4.68. The van der Waals surface area contributed by atoms with Gasteiger partial charge in [-0.2, -0.15) is 0 Å². The van der Waals surface area contributed by atoms with Crippen molar-refractivity contribution in [2.24, 2.45) is 0 Å². The van der Waals surface area contributed by atoms with Crippen LogP contribution >= 0.6 is 11.6 Å². The Morgan fingerprint density at radius 3 is 2.62 bits per heavy atom. The number of ether oxygens (including phenoxy) is 1.